The van der Waals surface area contributed by atoms with Crippen molar-refractivity contribution in [2.45, 2.75) is 26.3 Å². The molecule has 3 aromatic carbocycles. The molecule has 5 heterocycles. The van der Waals surface area contributed by atoms with Crippen molar-refractivity contribution in [1.29, 1.82) is 0 Å². The molecule has 3 aliphatic heterocycles. The fourth-order valence-corrected chi connectivity index (χ4v) is 6.27. The number of hydrogen-bond acceptors (Lipinski definition) is 1. The van der Waals surface area contributed by atoms with Crippen LogP contribution >= 0.6 is 0 Å². The topological polar surface area (TPSA) is 12.1 Å². The third kappa shape index (κ3) is 1.74. The van der Waals surface area contributed by atoms with Crippen molar-refractivity contribution in [3.8, 4) is 11.3 Å². The van der Waals surface area contributed by atoms with Gasteiger partial charge in [-0.05, 0) is 30.2 Å². The Morgan fingerprint density at radius 2 is 1.71 bits per heavy atom. The van der Waals surface area contributed by atoms with E-state index in [0.717, 1.165) is 6.54 Å². The second-order valence-electron chi connectivity index (χ2n) is 9.48. The van der Waals surface area contributed by atoms with E-state index in [0.29, 0.717) is 5.92 Å². The van der Waals surface area contributed by atoms with Gasteiger partial charge in [0.1, 0.15) is 0 Å². The Bertz CT molecular complexity index is 1610. The molecule has 146 valence electrons. The van der Waals surface area contributed by atoms with Crippen molar-refractivity contribution in [3.63, 3.8) is 0 Å². The van der Waals surface area contributed by atoms with Crippen LogP contribution in [0.2, 0.25) is 0 Å². The summed E-state index contributed by atoms with van der Waals surface area (Å²) >= 11 is 0. The number of nitrogens with zero attached hydrogens (tertiary/aromatic N) is 3. The van der Waals surface area contributed by atoms with E-state index in [-0.39, 0.29) is 6.98 Å². The van der Waals surface area contributed by atoms with Crippen LogP contribution < -0.4 is 14.8 Å². The number of fused-ring (bicyclic) bond motifs is 8. The van der Waals surface area contributed by atoms with Crippen LogP contribution in [0.15, 0.2) is 72.9 Å². The van der Waals surface area contributed by atoms with Crippen molar-refractivity contribution in [2.75, 3.05) is 4.81 Å². The van der Waals surface area contributed by atoms with Crippen molar-refractivity contribution in [2.24, 2.45) is 0 Å². The minimum Gasteiger partial charge on any atom is -0.359 e. The highest BCUT2D eigenvalue weighted by atomic mass is 15.2. The van der Waals surface area contributed by atoms with Crippen LogP contribution in [0.4, 0.5) is 11.4 Å². The predicted molar refractivity (Wildman–Crippen MR) is 128 cm³/mol. The maximum absolute atomic E-state index is 2.59. The molecule has 0 spiro atoms. The zero-order valence-electron chi connectivity index (χ0n) is 17.6. The van der Waals surface area contributed by atoms with E-state index in [1.54, 1.807) is 0 Å². The normalized spacial score (nSPS) is 14.8. The largest absolute Gasteiger partial charge is 0.427 e. The van der Waals surface area contributed by atoms with E-state index in [9.17, 15) is 0 Å². The third-order valence-electron chi connectivity index (χ3n) is 7.56. The molecular formula is C27H21BN3+. The molecule has 0 saturated heterocycles. The second kappa shape index (κ2) is 5.20. The monoisotopic (exact) mass is 398 g/mol. The van der Waals surface area contributed by atoms with E-state index in [2.05, 4.69) is 101 Å². The molecule has 0 fully saturated rings. The molecule has 2 aromatic heterocycles. The minimum absolute atomic E-state index is 0.153. The number of rotatable bonds is 1. The number of anilines is 2. The van der Waals surface area contributed by atoms with Crippen LogP contribution in [0.25, 0.3) is 33.1 Å². The van der Waals surface area contributed by atoms with Crippen molar-refractivity contribution < 1.29 is 4.57 Å². The van der Waals surface area contributed by atoms with E-state index >= 15 is 0 Å². The summed E-state index contributed by atoms with van der Waals surface area (Å²) in [7, 11) is 0. The zero-order chi connectivity index (χ0) is 20.4. The molecule has 0 aliphatic carbocycles. The molecule has 0 bridgehead atoms. The third-order valence-corrected chi connectivity index (χ3v) is 7.56. The first kappa shape index (κ1) is 16.2. The molecule has 0 N–H and O–H groups in total. The summed E-state index contributed by atoms with van der Waals surface area (Å²) in [6.45, 7) is 5.72. The fourth-order valence-electron chi connectivity index (χ4n) is 6.27. The Kier molecular flexibility index (Phi) is 2.72. The molecular weight excluding hydrogens is 377 g/mol. The Morgan fingerprint density at radius 3 is 2.61 bits per heavy atom. The Hall–Kier alpha value is -3.53. The first-order valence-electron chi connectivity index (χ1n) is 11.2. The number of hydrogen-bond donors (Lipinski definition) is 0. The van der Waals surface area contributed by atoms with Crippen molar-refractivity contribution >= 4 is 45.6 Å². The summed E-state index contributed by atoms with van der Waals surface area (Å²) in [4.78, 5) is 2.59. The van der Waals surface area contributed by atoms with Crippen LogP contribution in [0.5, 0.6) is 0 Å². The van der Waals surface area contributed by atoms with Gasteiger partial charge >= 0.3 is 6.98 Å². The van der Waals surface area contributed by atoms with Gasteiger partial charge in [-0.2, -0.15) is 4.57 Å². The lowest BCUT2D eigenvalue weighted by molar-refractivity contribution is -0.671. The summed E-state index contributed by atoms with van der Waals surface area (Å²) in [5.74, 6) is 0.498. The van der Waals surface area contributed by atoms with Gasteiger partial charge in [-0.1, -0.05) is 56.3 Å². The van der Waals surface area contributed by atoms with E-state index < -0.39 is 0 Å². The lowest BCUT2D eigenvalue weighted by Gasteiger charge is -2.32. The lowest BCUT2D eigenvalue weighted by Crippen LogP contribution is -2.55. The molecule has 0 saturated carbocycles. The molecule has 8 rings (SSSR count). The maximum Gasteiger partial charge on any atom is 0.427 e. The van der Waals surface area contributed by atoms with Gasteiger partial charge in [0.2, 0.25) is 5.69 Å². The van der Waals surface area contributed by atoms with Crippen LogP contribution in [-0.2, 0) is 6.54 Å². The highest BCUT2D eigenvalue weighted by Gasteiger charge is 2.50. The molecule has 0 radical (unpaired) electrons. The fraction of sp³-hybridized carbons (Fsp3) is 0.148. The molecule has 0 atom stereocenters. The molecule has 4 heteroatoms. The van der Waals surface area contributed by atoms with Crippen LogP contribution in [0.1, 0.15) is 30.9 Å². The van der Waals surface area contributed by atoms with E-state index in [4.69, 9.17) is 0 Å². The summed E-state index contributed by atoms with van der Waals surface area (Å²) in [5, 5.41) is 2.70. The second-order valence-corrected chi connectivity index (χ2v) is 9.48. The van der Waals surface area contributed by atoms with Crippen LogP contribution in [-0.4, -0.2) is 11.5 Å². The van der Waals surface area contributed by atoms with Crippen molar-refractivity contribution in [3.05, 3.63) is 84.1 Å². The molecule has 5 aromatic rings. The maximum atomic E-state index is 2.59. The predicted octanol–water partition coefficient (Wildman–Crippen LogP) is 4.94. The first-order chi connectivity index (χ1) is 15.2. The highest BCUT2D eigenvalue weighted by Crippen LogP contribution is 2.50. The average Bonchev–Trinajstić information content (AvgIpc) is 3.45. The number of aromatic nitrogens is 2. The van der Waals surface area contributed by atoms with Gasteiger partial charge in [-0.25, -0.2) is 0 Å². The van der Waals surface area contributed by atoms with E-state index in [1.165, 1.54) is 61.0 Å². The van der Waals surface area contributed by atoms with Gasteiger partial charge in [-0.15, -0.1) is 0 Å². The van der Waals surface area contributed by atoms with Crippen LogP contribution in [0, 0.1) is 0 Å². The van der Waals surface area contributed by atoms with Gasteiger partial charge in [0.15, 0.2) is 12.7 Å². The molecule has 0 amide bonds. The summed E-state index contributed by atoms with van der Waals surface area (Å²) < 4.78 is 5.09. The number of benzene rings is 3. The van der Waals surface area contributed by atoms with Gasteiger partial charge in [0.25, 0.3) is 0 Å². The van der Waals surface area contributed by atoms with Crippen molar-refractivity contribution in [1.82, 2.24) is 4.48 Å². The van der Waals surface area contributed by atoms with E-state index in [1.807, 2.05) is 0 Å². The first-order valence-corrected chi connectivity index (χ1v) is 11.2. The molecule has 31 heavy (non-hydrogen) atoms. The molecule has 0 unspecified atom stereocenters. The number of pyridine rings is 1. The Balaban J connectivity index is 1.58. The standard InChI is InChI=1S/C27H21BN3/c1-16(2)18-13-21-27-25-17(14-29(27)15-18)7-5-11-23(25)30-24-12-6-9-20-19-8-3-4-10-22(19)31(26(20)24)28(21)30/h3-13,15-16H,14H2,1-2H3/q+1. The summed E-state index contributed by atoms with van der Waals surface area (Å²) in [5.41, 5.74) is 12.5. The highest BCUT2D eigenvalue weighted by molar-refractivity contribution is 6.82. The lowest BCUT2D eigenvalue weighted by atomic mass is 9.61. The Labute approximate surface area is 181 Å². The quantitative estimate of drug-likeness (QED) is 0.282. The smallest absolute Gasteiger partial charge is 0.359 e. The van der Waals surface area contributed by atoms with Gasteiger partial charge < -0.3 is 9.29 Å². The molecule has 3 aliphatic rings. The summed E-state index contributed by atoms with van der Waals surface area (Å²) in [6, 6.07) is 25.0. The average molecular weight is 398 g/mol. The number of para-hydroxylation sites is 2. The van der Waals surface area contributed by atoms with Gasteiger partial charge in [-0.3, -0.25) is 0 Å². The van der Waals surface area contributed by atoms with Gasteiger partial charge in [0, 0.05) is 38.6 Å². The van der Waals surface area contributed by atoms with Crippen LogP contribution in [0.3, 0.4) is 0 Å². The molecule has 3 nitrogen and oxygen atoms in total. The Morgan fingerprint density at radius 1 is 0.903 bits per heavy atom. The van der Waals surface area contributed by atoms with Gasteiger partial charge in [0.05, 0.1) is 16.8 Å². The minimum atomic E-state index is 0.153. The zero-order valence-corrected chi connectivity index (χ0v) is 17.6. The SMILES string of the molecule is CC(C)c1cc2c3[n+](c1)Cc1cccc(c1-3)N1B2n2c3ccccc3c3cccc1c32. The summed E-state index contributed by atoms with van der Waals surface area (Å²) in [6.07, 6.45) is 2.38.